The molecule has 0 aliphatic rings. The molecule has 0 fully saturated rings. The second-order valence-electron chi connectivity index (χ2n) is 5.42. The number of carbonyl (C=O) groups excluding carboxylic acids is 1. The molecule has 2 rings (SSSR count). The summed E-state index contributed by atoms with van der Waals surface area (Å²) in [6, 6.07) is 10.2. The van der Waals surface area contributed by atoms with Gasteiger partial charge in [0.15, 0.2) is 0 Å². The van der Waals surface area contributed by atoms with Crippen LogP contribution in [0.25, 0.3) is 0 Å². The normalized spacial score (nSPS) is 11.1. The molecule has 7 heteroatoms. The van der Waals surface area contributed by atoms with Crippen LogP contribution in [-0.4, -0.2) is 29.4 Å². The summed E-state index contributed by atoms with van der Waals surface area (Å²) in [5, 5.41) is 4.13. The van der Waals surface area contributed by atoms with Crippen LogP contribution in [0.2, 0.25) is 0 Å². The first-order valence-electron chi connectivity index (χ1n) is 8.43. The summed E-state index contributed by atoms with van der Waals surface area (Å²) in [7, 11) is 0. The van der Waals surface area contributed by atoms with Gasteiger partial charge in [-0.05, 0) is 45.0 Å². The van der Waals surface area contributed by atoms with E-state index in [1.165, 1.54) is 10.6 Å². The van der Waals surface area contributed by atoms with Crippen molar-refractivity contribution in [1.82, 2.24) is 9.99 Å². The van der Waals surface area contributed by atoms with Gasteiger partial charge in [-0.1, -0.05) is 6.07 Å². The summed E-state index contributed by atoms with van der Waals surface area (Å²) >= 11 is 0. The summed E-state index contributed by atoms with van der Waals surface area (Å²) < 4.78 is 12.4. The number of nitrogens with zero attached hydrogens (tertiary/aromatic N) is 2. The molecule has 2 aromatic rings. The zero-order valence-corrected chi connectivity index (χ0v) is 15.2. The molecular weight excluding hydrogens is 334 g/mol. The minimum absolute atomic E-state index is 0.103. The molecule has 1 N–H and O–H groups in total. The third-order valence-corrected chi connectivity index (χ3v) is 3.51. The number of ether oxygens (including phenoxy) is 2. The maximum Gasteiger partial charge on any atom is 0.260 e. The van der Waals surface area contributed by atoms with E-state index in [0.29, 0.717) is 30.4 Å². The van der Waals surface area contributed by atoms with E-state index in [4.69, 9.17) is 9.47 Å². The van der Waals surface area contributed by atoms with Crippen LogP contribution in [0.3, 0.4) is 0 Å². The number of carbonyl (C=O) groups is 1. The molecule has 26 heavy (non-hydrogen) atoms. The van der Waals surface area contributed by atoms with Gasteiger partial charge in [-0.3, -0.25) is 9.59 Å². The Morgan fingerprint density at radius 2 is 1.92 bits per heavy atom. The molecule has 0 radical (unpaired) electrons. The van der Waals surface area contributed by atoms with Crippen LogP contribution in [0.5, 0.6) is 11.5 Å². The average Bonchev–Trinajstić information content (AvgIpc) is 2.63. The molecule has 0 aliphatic heterocycles. The van der Waals surface area contributed by atoms with Gasteiger partial charge in [-0.15, -0.1) is 0 Å². The molecule has 0 bridgehead atoms. The highest BCUT2D eigenvalue weighted by molar-refractivity contribution is 6.02. The largest absolute Gasteiger partial charge is 0.494 e. The average molecular weight is 357 g/mol. The van der Waals surface area contributed by atoms with Gasteiger partial charge < -0.3 is 14.0 Å². The number of hydrogen-bond acceptors (Lipinski definition) is 5. The fraction of sp³-hybridized carbons (Fsp3) is 0.316. The molecule has 138 valence electrons. The molecule has 1 amide bonds. The second kappa shape index (κ2) is 9.41. The fourth-order valence-electron chi connectivity index (χ4n) is 2.32. The molecule has 0 unspecified atom stereocenters. The van der Waals surface area contributed by atoms with Gasteiger partial charge in [0.25, 0.3) is 11.5 Å². The van der Waals surface area contributed by atoms with Crippen molar-refractivity contribution in [2.45, 2.75) is 27.3 Å². The summed E-state index contributed by atoms with van der Waals surface area (Å²) in [5.74, 6) is 0.963. The summed E-state index contributed by atoms with van der Waals surface area (Å²) in [6.45, 7) is 6.52. The van der Waals surface area contributed by atoms with Crippen LogP contribution in [0.4, 0.5) is 0 Å². The van der Waals surface area contributed by atoms with Crippen LogP contribution in [0, 0.1) is 0 Å². The van der Waals surface area contributed by atoms with Crippen molar-refractivity contribution in [1.29, 1.82) is 0 Å². The Balaban J connectivity index is 2.14. The molecule has 1 aromatic heterocycles. The number of hydrogen-bond donors (Lipinski definition) is 1. The van der Waals surface area contributed by atoms with Crippen LogP contribution in [0.15, 0.2) is 52.5 Å². The van der Waals surface area contributed by atoms with E-state index in [1.807, 2.05) is 32.0 Å². The number of nitrogens with one attached hydrogen (secondary N) is 1. The first kappa shape index (κ1) is 19.2. The van der Waals surface area contributed by atoms with E-state index >= 15 is 0 Å². The van der Waals surface area contributed by atoms with Gasteiger partial charge in [0.1, 0.15) is 18.0 Å². The standard InChI is InChI=1S/C19H23N3O4/c1-4-25-15-9-10-17(26-5-2)16(12-15)14(3)20-21-18(23)13-22-11-7-6-8-19(22)24/h6-12H,4-5,13H2,1-3H3,(H,21,23)/b20-14-. The van der Waals surface area contributed by atoms with Crippen molar-refractivity contribution in [3.63, 3.8) is 0 Å². The molecule has 7 nitrogen and oxygen atoms in total. The maximum atomic E-state index is 12.0. The highest BCUT2D eigenvalue weighted by atomic mass is 16.5. The first-order chi connectivity index (χ1) is 12.5. The number of amides is 1. The number of pyridine rings is 1. The monoisotopic (exact) mass is 357 g/mol. The number of rotatable bonds is 8. The van der Waals surface area contributed by atoms with Crippen molar-refractivity contribution < 1.29 is 14.3 Å². The molecule has 0 saturated carbocycles. The lowest BCUT2D eigenvalue weighted by atomic mass is 10.1. The molecule has 1 aromatic carbocycles. The maximum absolute atomic E-state index is 12.0. The minimum atomic E-state index is -0.392. The molecule has 0 atom stereocenters. The SMILES string of the molecule is CCOc1ccc(OCC)c(/C(C)=N\NC(=O)Cn2ccccc2=O)c1. The van der Waals surface area contributed by atoms with Gasteiger partial charge in [0.05, 0.1) is 18.9 Å². The van der Waals surface area contributed by atoms with E-state index < -0.39 is 5.91 Å². The van der Waals surface area contributed by atoms with Crippen LogP contribution in [-0.2, 0) is 11.3 Å². The van der Waals surface area contributed by atoms with Crippen molar-refractivity contribution in [2.75, 3.05) is 13.2 Å². The molecule has 0 aliphatic carbocycles. The van der Waals surface area contributed by atoms with Gasteiger partial charge in [0.2, 0.25) is 0 Å². The van der Waals surface area contributed by atoms with E-state index in [2.05, 4.69) is 10.5 Å². The van der Waals surface area contributed by atoms with E-state index in [0.717, 1.165) is 5.56 Å². The third kappa shape index (κ3) is 5.20. The first-order valence-corrected chi connectivity index (χ1v) is 8.43. The van der Waals surface area contributed by atoms with Crippen molar-refractivity contribution in [3.05, 3.63) is 58.5 Å². The van der Waals surface area contributed by atoms with E-state index in [9.17, 15) is 9.59 Å². The topological polar surface area (TPSA) is 81.9 Å². The molecule has 0 saturated heterocycles. The van der Waals surface area contributed by atoms with Crippen LogP contribution < -0.4 is 20.5 Å². The van der Waals surface area contributed by atoms with Gasteiger partial charge in [-0.25, -0.2) is 5.43 Å². The number of hydrazone groups is 1. The zero-order chi connectivity index (χ0) is 18.9. The van der Waals surface area contributed by atoms with Crippen molar-refractivity contribution in [2.24, 2.45) is 5.10 Å². The highest BCUT2D eigenvalue weighted by Gasteiger charge is 2.10. The lowest BCUT2D eigenvalue weighted by molar-refractivity contribution is -0.121. The smallest absolute Gasteiger partial charge is 0.260 e. The summed E-state index contributed by atoms with van der Waals surface area (Å²) in [5.41, 5.74) is 3.53. The fourth-order valence-corrected chi connectivity index (χ4v) is 2.32. The van der Waals surface area contributed by atoms with Gasteiger partial charge >= 0.3 is 0 Å². The molecule has 0 spiro atoms. The Labute approximate surface area is 152 Å². The van der Waals surface area contributed by atoms with E-state index in [-0.39, 0.29) is 12.1 Å². The number of benzene rings is 1. The van der Waals surface area contributed by atoms with Crippen LogP contribution >= 0.6 is 0 Å². The van der Waals surface area contributed by atoms with Crippen molar-refractivity contribution >= 4 is 11.6 Å². The molecular formula is C19H23N3O4. The predicted molar refractivity (Wildman–Crippen MR) is 99.8 cm³/mol. The predicted octanol–water partition coefficient (Wildman–Crippen LogP) is 2.19. The number of aromatic nitrogens is 1. The second-order valence-corrected chi connectivity index (χ2v) is 5.42. The minimum Gasteiger partial charge on any atom is -0.494 e. The lowest BCUT2D eigenvalue weighted by Crippen LogP contribution is -2.29. The highest BCUT2D eigenvalue weighted by Crippen LogP contribution is 2.25. The zero-order valence-electron chi connectivity index (χ0n) is 15.2. The Kier molecular flexibility index (Phi) is 6.96. The van der Waals surface area contributed by atoms with E-state index in [1.54, 1.807) is 25.3 Å². The Bertz CT molecular complexity index is 843. The van der Waals surface area contributed by atoms with Crippen molar-refractivity contribution in [3.8, 4) is 11.5 Å². The Hall–Kier alpha value is -3.09. The third-order valence-electron chi connectivity index (χ3n) is 3.51. The summed E-state index contributed by atoms with van der Waals surface area (Å²) in [6.07, 6.45) is 1.55. The van der Waals surface area contributed by atoms with Gasteiger partial charge in [0, 0.05) is 17.8 Å². The van der Waals surface area contributed by atoms with Crippen LogP contribution in [0.1, 0.15) is 26.3 Å². The lowest BCUT2D eigenvalue weighted by Gasteiger charge is -2.12. The quantitative estimate of drug-likeness (QED) is 0.580. The molecule has 1 heterocycles. The van der Waals surface area contributed by atoms with Gasteiger partial charge in [-0.2, -0.15) is 5.10 Å². The Morgan fingerprint density at radius 1 is 1.15 bits per heavy atom. The summed E-state index contributed by atoms with van der Waals surface area (Å²) in [4.78, 5) is 23.7. The Morgan fingerprint density at radius 3 is 2.62 bits per heavy atom.